The molecule has 1 aromatic carbocycles. The Balaban J connectivity index is 1.55. The highest BCUT2D eigenvalue weighted by molar-refractivity contribution is 6.30. The van der Waals surface area contributed by atoms with Gasteiger partial charge in [0.25, 0.3) is 0 Å². The number of rotatable bonds is 3. The molecular weight excluding hydrogens is 326 g/mol. The molecule has 1 saturated heterocycles. The monoisotopic (exact) mass is 349 g/mol. The maximum atomic E-state index is 12.7. The summed E-state index contributed by atoms with van der Waals surface area (Å²) in [5.41, 5.74) is 1.29. The standard InChI is InChI=1S/C19H24ClNO3/c20-17-6-4-13(5-7-17)14-8-10-21(11-9-14)18(22)15-2-1-3-16(12-15)19(23)24/h4-7,14-16H,1-3,8-12H2,(H,23,24). The molecule has 0 radical (unpaired) electrons. The number of aliphatic carboxylic acids is 1. The number of amides is 1. The van der Waals surface area contributed by atoms with Gasteiger partial charge in [-0.05, 0) is 55.7 Å². The number of carbonyl (C=O) groups is 2. The Morgan fingerprint density at radius 3 is 2.25 bits per heavy atom. The summed E-state index contributed by atoms with van der Waals surface area (Å²) in [6, 6.07) is 7.98. The van der Waals surface area contributed by atoms with Crippen molar-refractivity contribution in [1.29, 1.82) is 0 Å². The average Bonchev–Trinajstić information content (AvgIpc) is 2.62. The van der Waals surface area contributed by atoms with Gasteiger partial charge in [0.15, 0.2) is 0 Å². The maximum Gasteiger partial charge on any atom is 0.306 e. The summed E-state index contributed by atoms with van der Waals surface area (Å²) in [6.07, 6.45) is 4.81. The summed E-state index contributed by atoms with van der Waals surface area (Å²) < 4.78 is 0. The molecule has 0 aromatic heterocycles. The predicted octanol–water partition coefficient (Wildman–Crippen LogP) is 3.94. The van der Waals surface area contributed by atoms with Gasteiger partial charge in [-0.15, -0.1) is 0 Å². The molecular formula is C19H24ClNO3. The van der Waals surface area contributed by atoms with Crippen LogP contribution in [0, 0.1) is 11.8 Å². The first-order chi connectivity index (χ1) is 11.5. The SMILES string of the molecule is O=C(O)C1CCCC(C(=O)N2CCC(c3ccc(Cl)cc3)CC2)C1. The molecule has 2 atom stereocenters. The molecule has 1 heterocycles. The van der Waals surface area contributed by atoms with Crippen molar-refractivity contribution in [2.45, 2.75) is 44.4 Å². The number of nitrogens with zero attached hydrogens (tertiary/aromatic N) is 1. The van der Waals surface area contributed by atoms with Crippen LogP contribution in [0.4, 0.5) is 0 Å². The number of halogens is 1. The van der Waals surface area contributed by atoms with Crippen molar-refractivity contribution < 1.29 is 14.7 Å². The third-order valence-electron chi connectivity index (χ3n) is 5.52. The van der Waals surface area contributed by atoms with E-state index in [1.807, 2.05) is 17.0 Å². The molecule has 0 bridgehead atoms. The Morgan fingerprint density at radius 1 is 1.00 bits per heavy atom. The lowest BCUT2D eigenvalue weighted by Crippen LogP contribution is -2.43. The van der Waals surface area contributed by atoms with Crippen molar-refractivity contribution in [2.24, 2.45) is 11.8 Å². The summed E-state index contributed by atoms with van der Waals surface area (Å²) >= 11 is 5.94. The number of hydrogen-bond donors (Lipinski definition) is 1. The normalized spacial score (nSPS) is 25.5. The van der Waals surface area contributed by atoms with Crippen LogP contribution in [0.2, 0.25) is 5.02 Å². The van der Waals surface area contributed by atoms with Crippen LogP contribution in [0.5, 0.6) is 0 Å². The maximum absolute atomic E-state index is 12.7. The molecule has 1 aromatic rings. The Bertz CT molecular complexity index is 593. The highest BCUT2D eigenvalue weighted by Gasteiger charge is 2.34. The van der Waals surface area contributed by atoms with Gasteiger partial charge in [0, 0.05) is 24.0 Å². The quantitative estimate of drug-likeness (QED) is 0.899. The molecule has 1 aliphatic carbocycles. The molecule has 2 aliphatic rings. The zero-order chi connectivity index (χ0) is 17.1. The fourth-order valence-corrected chi connectivity index (χ4v) is 4.19. The number of hydrogen-bond acceptors (Lipinski definition) is 2. The van der Waals surface area contributed by atoms with E-state index in [1.165, 1.54) is 5.56 Å². The number of carboxylic acids is 1. The first-order valence-corrected chi connectivity index (χ1v) is 9.19. The van der Waals surface area contributed by atoms with E-state index in [0.717, 1.165) is 43.8 Å². The van der Waals surface area contributed by atoms with Crippen LogP contribution in [0.15, 0.2) is 24.3 Å². The first-order valence-electron chi connectivity index (χ1n) is 8.81. The lowest BCUT2D eigenvalue weighted by atomic mass is 9.80. The zero-order valence-electron chi connectivity index (χ0n) is 13.8. The van der Waals surface area contributed by atoms with Crippen LogP contribution in [0.1, 0.15) is 50.0 Å². The molecule has 0 spiro atoms. The van der Waals surface area contributed by atoms with Gasteiger partial charge in [0.1, 0.15) is 0 Å². The third kappa shape index (κ3) is 3.92. The van der Waals surface area contributed by atoms with Gasteiger partial charge in [0.2, 0.25) is 5.91 Å². The van der Waals surface area contributed by atoms with Gasteiger partial charge in [-0.2, -0.15) is 0 Å². The average molecular weight is 350 g/mol. The molecule has 5 heteroatoms. The van der Waals surface area contributed by atoms with Gasteiger partial charge >= 0.3 is 5.97 Å². The first kappa shape index (κ1) is 17.3. The zero-order valence-corrected chi connectivity index (χ0v) is 14.5. The molecule has 1 aliphatic heterocycles. The number of carbonyl (C=O) groups excluding carboxylic acids is 1. The molecule has 130 valence electrons. The molecule has 24 heavy (non-hydrogen) atoms. The molecule has 2 unspecified atom stereocenters. The minimum absolute atomic E-state index is 0.105. The molecule has 2 fully saturated rings. The van der Waals surface area contributed by atoms with Crippen molar-refractivity contribution in [3.05, 3.63) is 34.9 Å². The summed E-state index contributed by atoms with van der Waals surface area (Å²) in [6.45, 7) is 1.53. The van der Waals surface area contributed by atoms with Crippen LogP contribution in [0.25, 0.3) is 0 Å². The minimum atomic E-state index is -0.756. The summed E-state index contributed by atoms with van der Waals surface area (Å²) in [4.78, 5) is 25.9. The molecule has 4 nitrogen and oxygen atoms in total. The van der Waals surface area contributed by atoms with Crippen molar-refractivity contribution >= 4 is 23.5 Å². The van der Waals surface area contributed by atoms with Crippen LogP contribution in [-0.2, 0) is 9.59 Å². The van der Waals surface area contributed by atoms with Crippen molar-refractivity contribution in [1.82, 2.24) is 4.90 Å². The van der Waals surface area contributed by atoms with Gasteiger partial charge in [-0.25, -0.2) is 0 Å². The highest BCUT2D eigenvalue weighted by Crippen LogP contribution is 2.33. The lowest BCUT2D eigenvalue weighted by molar-refractivity contribution is -0.145. The lowest BCUT2D eigenvalue weighted by Gasteiger charge is -2.36. The third-order valence-corrected chi connectivity index (χ3v) is 5.77. The summed E-state index contributed by atoms with van der Waals surface area (Å²) in [5.74, 6) is -0.569. The van der Waals surface area contributed by atoms with Gasteiger partial charge in [0.05, 0.1) is 5.92 Å². The molecule has 1 saturated carbocycles. The molecule has 3 rings (SSSR count). The van der Waals surface area contributed by atoms with E-state index >= 15 is 0 Å². The second-order valence-electron chi connectivity index (χ2n) is 7.05. The minimum Gasteiger partial charge on any atom is -0.481 e. The largest absolute Gasteiger partial charge is 0.481 e. The predicted molar refractivity (Wildman–Crippen MR) is 93.1 cm³/mol. The van der Waals surface area contributed by atoms with Crippen LogP contribution in [-0.4, -0.2) is 35.0 Å². The molecule has 1 N–H and O–H groups in total. The fraction of sp³-hybridized carbons (Fsp3) is 0.579. The van der Waals surface area contributed by atoms with E-state index in [2.05, 4.69) is 12.1 Å². The van der Waals surface area contributed by atoms with Gasteiger partial charge in [-0.3, -0.25) is 9.59 Å². The number of benzene rings is 1. The second kappa shape index (κ2) is 7.56. The van der Waals surface area contributed by atoms with E-state index in [4.69, 9.17) is 11.6 Å². The van der Waals surface area contributed by atoms with Gasteiger partial charge < -0.3 is 10.0 Å². The van der Waals surface area contributed by atoms with E-state index < -0.39 is 5.97 Å². The molecule has 1 amide bonds. The van der Waals surface area contributed by atoms with E-state index in [9.17, 15) is 14.7 Å². The highest BCUT2D eigenvalue weighted by atomic mass is 35.5. The second-order valence-corrected chi connectivity index (χ2v) is 7.49. The van der Waals surface area contributed by atoms with Crippen LogP contribution < -0.4 is 0 Å². The van der Waals surface area contributed by atoms with E-state index in [1.54, 1.807) is 0 Å². The van der Waals surface area contributed by atoms with E-state index in [-0.39, 0.29) is 17.7 Å². The Hall–Kier alpha value is -1.55. The Morgan fingerprint density at radius 2 is 1.62 bits per heavy atom. The van der Waals surface area contributed by atoms with Crippen LogP contribution in [0.3, 0.4) is 0 Å². The summed E-state index contributed by atoms with van der Waals surface area (Å²) in [5, 5.41) is 9.94. The summed E-state index contributed by atoms with van der Waals surface area (Å²) in [7, 11) is 0. The number of piperidine rings is 1. The Labute approximate surface area is 147 Å². The van der Waals surface area contributed by atoms with Crippen LogP contribution >= 0.6 is 11.6 Å². The van der Waals surface area contributed by atoms with E-state index in [0.29, 0.717) is 18.8 Å². The smallest absolute Gasteiger partial charge is 0.306 e. The van der Waals surface area contributed by atoms with Crippen molar-refractivity contribution in [3.8, 4) is 0 Å². The van der Waals surface area contributed by atoms with Crippen molar-refractivity contribution in [3.63, 3.8) is 0 Å². The fourth-order valence-electron chi connectivity index (χ4n) is 4.06. The Kier molecular flexibility index (Phi) is 5.44. The number of carboxylic acid groups (broad SMARTS) is 1. The number of likely N-dealkylation sites (tertiary alicyclic amines) is 1. The van der Waals surface area contributed by atoms with Gasteiger partial charge in [-0.1, -0.05) is 30.2 Å². The topological polar surface area (TPSA) is 57.6 Å². The van der Waals surface area contributed by atoms with Crippen molar-refractivity contribution in [2.75, 3.05) is 13.1 Å².